The molecule has 7 heteroatoms. The van der Waals surface area contributed by atoms with E-state index in [1.54, 1.807) is 30.1 Å². The van der Waals surface area contributed by atoms with Crippen molar-refractivity contribution < 1.29 is 14.3 Å². The maximum Gasteiger partial charge on any atom is 0.306 e. The molecular formula is C13H16Cl2N2O3. The summed E-state index contributed by atoms with van der Waals surface area (Å²) in [5.74, 6) is -0.545. The standard InChI is InChI=1S/C13H16Cl2N2O3/c1-17(6-5-13(19)20-2)8-12(18)16-11-7-9(14)3-4-10(11)15/h3-4,7H,5-6,8H2,1-2H3,(H,16,18). The number of hydrogen-bond donors (Lipinski definition) is 1. The molecule has 0 aliphatic heterocycles. The number of likely N-dealkylation sites (N-methyl/N-ethyl adjacent to an activating group) is 1. The molecular weight excluding hydrogens is 303 g/mol. The van der Waals surface area contributed by atoms with Gasteiger partial charge in [-0.05, 0) is 25.2 Å². The van der Waals surface area contributed by atoms with E-state index in [9.17, 15) is 9.59 Å². The van der Waals surface area contributed by atoms with Gasteiger partial charge >= 0.3 is 5.97 Å². The Balaban J connectivity index is 2.47. The van der Waals surface area contributed by atoms with Gasteiger partial charge in [0.2, 0.25) is 5.91 Å². The van der Waals surface area contributed by atoms with Crippen LogP contribution in [0.1, 0.15) is 6.42 Å². The van der Waals surface area contributed by atoms with Crippen molar-refractivity contribution in [1.29, 1.82) is 0 Å². The highest BCUT2D eigenvalue weighted by Crippen LogP contribution is 2.25. The van der Waals surface area contributed by atoms with E-state index >= 15 is 0 Å². The van der Waals surface area contributed by atoms with Gasteiger partial charge in [0.25, 0.3) is 0 Å². The molecule has 0 aliphatic carbocycles. The Morgan fingerprint density at radius 3 is 2.70 bits per heavy atom. The fourth-order valence-corrected chi connectivity index (χ4v) is 1.83. The Bertz CT molecular complexity index is 495. The quantitative estimate of drug-likeness (QED) is 0.818. The Morgan fingerprint density at radius 1 is 1.35 bits per heavy atom. The highest BCUT2D eigenvalue weighted by atomic mass is 35.5. The molecule has 5 nitrogen and oxygen atoms in total. The molecule has 0 unspecified atom stereocenters. The molecule has 1 aromatic carbocycles. The minimum Gasteiger partial charge on any atom is -0.469 e. The van der Waals surface area contributed by atoms with Gasteiger partial charge in [-0.25, -0.2) is 0 Å². The van der Waals surface area contributed by atoms with Crippen molar-refractivity contribution in [3.63, 3.8) is 0 Å². The molecule has 0 bridgehead atoms. The van der Waals surface area contributed by atoms with Crippen LogP contribution in [0.2, 0.25) is 10.0 Å². The van der Waals surface area contributed by atoms with Crippen molar-refractivity contribution in [3.05, 3.63) is 28.2 Å². The highest BCUT2D eigenvalue weighted by molar-refractivity contribution is 6.35. The molecule has 0 atom stereocenters. The minimum atomic E-state index is -0.310. The summed E-state index contributed by atoms with van der Waals surface area (Å²) in [6.45, 7) is 0.573. The van der Waals surface area contributed by atoms with E-state index in [-0.39, 0.29) is 24.8 Å². The highest BCUT2D eigenvalue weighted by Gasteiger charge is 2.11. The first-order valence-corrected chi connectivity index (χ1v) is 6.68. The van der Waals surface area contributed by atoms with Crippen LogP contribution in [0.3, 0.4) is 0 Å². The van der Waals surface area contributed by atoms with Crippen molar-refractivity contribution in [2.24, 2.45) is 0 Å². The predicted octanol–water partition coefficient (Wildman–Crippen LogP) is 2.43. The zero-order valence-electron chi connectivity index (χ0n) is 11.3. The van der Waals surface area contributed by atoms with Crippen molar-refractivity contribution >= 4 is 40.8 Å². The van der Waals surface area contributed by atoms with Crippen LogP contribution < -0.4 is 5.32 Å². The first kappa shape index (κ1) is 16.8. The number of esters is 1. The van der Waals surface area contributed by atoms with E-state index in [0.29, 0.717) is 22.3 Å². The molecule has 1 rings (SSSR count). The number of amides is 1. The van der Waals surface area contributed by atoms with Gasteiger partial charge < -0.3 is 10.1 Å². The zero-order chi connectivity index (χ0) is 15.1. The first-order valence-electron chi connectivity index (χ1n) is 5.92. The number of nitrogens with one attached hydrogen (secondary N) is 1. The van der Waals surface area contributed by atoms with E-state index in [1.165, 1.54) is 7.11 Å². The molecule has 20 heavy (non-hydrogen) atoms. The van der Waals surface area contributed by atoms with Crippen molar-refractivity contribution in [2.45, 2.75) is 6.42 Å². The zero-order valence-corrected chi connectivity index (χ0v) is 12.8. The fraction of sp³-hybridized carbons (Fsp3) is 0.385. The number of halogens is 2. The van der Waals surface area contributed by atoms with E-state index < -0.39 is 0 Å². The van der Waals surface area contributed by atoms with Crippen LogP contribution in [0.4, 0.5) is 5.69 Å². The third-order valence-electron chi connectivity index (χ3n) is 2.54. The number of nitrogens with zero attached hydrogens (tertiary/aromatic N) is 1. The second kappa shape index (κ2) is 8.09. The van der Waals surface area contributed by atoms with Gasteiger partial charge in [0, 0.05) is 11.6 Å². The summed E-state index contributed by atoms with van der Waals surface area (Å²) in [5, 5.41) is 3.58. The monoisotopic (exact) mass is 318 g/mol. The SMILES string of the molecule is COC(=O)CCN(C)CC(=O)Nc1cc(Cl)ccc1Cl. The molecule has 1 N–H and O–H groups in total. The smallest absolute Gasteiger partial charge is 0.306 e. The van der Waals surface area contributed by atoms with Crippen molar-refractivity contribution in [3.8, 4) is 0 Å². The Hall–Kier alpha value is -1.30. The third-order valence-corrected chi connectivity index (χ3v) is 3.11. The number of hydrogen-bond acceptors (Lipinski definition) is 4. The average Bonchev–Trinajstić information content (AvgIpc) is 2.40. The number of methoxy groups -OCH3 is 1. The molecule has 1 aromatic rings. The summed E-state index contributed by atoms with van der Waals surface area (Å²) in [6, 6.07) is 4.83. The number of ether oxygens (including phenoxy) is 1. The van der Waals surface area contributed by atoms with E-state index in [4.69, 9.17) is 23.2 Å². The van der Waals surface area contributed by atoms with E-state index in [0.717, 1.165) is 0 Å². The fourth-order valence-electron chi connectivity index (χ4n) is 1.49. The summed E-state index contributed by atoms with van der Waals surface area (Å²) >= 11 is 11.8. The van der Waals surface area contributed by atoms with Gasteiger partial charge in [-0.1, -0.05) is 23.2 Å². The average molecular weight is 319 g/mol. The van der Waals surface area contributed by atoms with E-state index in [2.05, 4.69) is 10.1 Å². The molecule has 0 saturated heterocycles. The molecule has 0 fully saturated rings. The predicted molar refractivity (Wildman–Crippen MR) is 79.2 cm³/mol. The maximum absolute atomic E-state index is 11.8. The largest absolute Gasteiger partial charge is 0.469 e. The van der Waals surface area contributed by atoms with Crippen molar-refractivity contribution in [2.75, 3.05) is 32.6 Å². The lowest BCUT2D eigenvalue weighted by Crippen LogP contribution is -2.32. The Labute approximate surface area is 127 Å². The number of rotatable bonds is 6. The molecule has 0 spiro atoms. The Morgan fingerprint density at radius 2 is 2.05 bits per heavy atom. The van der Waals surface area contributed by atoms with Crippen LogP contribution in [0.15, 0.2) is 18.2 Å². The second-order valence-corrected chi connectivity index (χ2v) is 5.08. The molecule has 0 radical (unpaired) electrons. The summed E-state index contributed by atoms with van der Waals surface area (Å²) in [6.07, 6.45) is 0.234. The normalized spacial score (nSPS) is 10.4. The lowest BCUT2D eigenvalue weighted by atomic mass is 10.3. The summed E-state index contributed by atoms with van der Waals surface area (Å²) < 4.78 is 4.53. The third kappa shape index (κ3) is 5.77. The van der Waals surface area contributed by atoms with Crippen LogP contribution in [-0.4, -0.2) is 44.0 Å². The van der Waals surface area contributed by atoms with Crippen molar-refractivity contribution in [1.82, 2.24) is 4.90 Å². The van der Waals surface area contributed by atoms with Gasteiger partial charge in [-0.15, -0.1) is 0 Å². The minimum absolute atomic E-state index is 0.139. The number of anilines is 1. The lowest BCUT2D eigenvalue weighted by molar-refractivity contribution is -0.141. The molecule has 0 aromatic heterocycles. The molecule has 0 heterocycles. The van der Waals surface area contributed by atoms with Crippen LogP contribution in [-0.2, 0) is 14.3 Å². The van der Waals surface area contributed by atoms with Gasteiger partial charge in [-0.2, -0.15) is 0 Å². The molecule has 1 amide bonds. The molecule has 0 aliphatic rings. The van der Waals surface area contributed by atoms with Crippen LogP contribution in [0, 0.1) is 0 Å². The van der Waals surface area contributed by atoms with Crippen LogP contribution in [0.5, 0.6) is 0 Å². The van der Waals surface area contributed by atoms with Gasteiger partial charge in [0.15, 0.2) is 0 Å². The van der Waals surface area contributed by atoms with Gasteiger partial charge in [-0.3, -0.25) is 14.5 Å². The second-order valence-electron chi connectivity index (χ2n) is 4.24. The number of carbonyl (C=O) groups is 2. The first-order chi connectivity index (χ1) is 9.42. The van der Waals surface area contributed by atoms with E-state index in [1.807, 2.05) is 0 Å². The van der Waals surface area contributed by atoms with Gasteiger partial charge in [0.05, 0.1) is 30.8 Å². The topological polar surface area (TPSA) is 58.6 Å². The van der Waals surface area contributed by atoms with Gasteiger partial charge in [0.1, 0.15) is 0 Å². The molecule has 0 saturated carbocycles. The lowest BCUT2D eigenvalue weighted by Gasteiger charge is -2.16. The summed E-state index contributed by atoms with van der Waals surface area (Å²) in [4.78, 5) is 24.5. The Kier molecular flexibility index (Phi) is 6.78. The summed E-state index contributed by atoms with van der Waals surface area (Å²) in [7, 11) is 3.07. The molecule has 110 valence electrons. The number of carbonyl (C=O) groups excluding carboxylic acids is 2. The maximum atomic E-state index is 11.8. The number of benzene rings is 1. The van der Waals surface area contributed by atoms with Crippen LogP contribution in [0.25, 0.3) is 0 Å². The summed E-state index contributed by atoms with van der Waals surface area (Å²) in [5.41, 5.74) is 0.463. The van der Waals surface area contributed by atoms with Crippen LogP contribution >= 0.6 is 23.2 Å².